The molecule has 2 atom stereocenters. The van der Waals surface area contributed by atoms with Crippen molar-refractivity contribution in [3.8, 4) is 0 Å². The van der Waals surface area contributed by atoms with Crippen LogP contribution in [0.15, 0.2) is 0 Å². The van der Waals surface area contributed by atoms with E-state index in [1.54, 1.807) is 14.2 Å². The van der Waals surface area contributed by atoms with Gasteiger partial charge in [0.05, 0.1) is 13.2 Å². The first-order valence-electron chi connectivity index (χ1n) is 6.85. The van der Waals surface area contributed by atoms with Crippen LogP contribution < -0.4 is 0 Å². The molecule has 0 aromatic heterocycles. The molecule has 4 heteroatoms. The van der Waals surface area contributed by atoms with Gasteiger partial charge in [-0.25, -0.2) is 0 Å². The predicted molar refractivity (Wildman–Crippen MR) is 74.9 cm³/mol. The van der Waals surface area contributed by atoms with Crippen LogP contribution in [-0.4, -0.2) is 63.2 Å². The number of aliphatic hydroxyl groups is 1. The zero-order valence-electron chi connectivity index (χ0n) is 12.7. The van der Waals surface area contributed by atoms with Gasteiger partial charge < -0.3 is 14.6 Å². The summed E-state index contributed by atoms with van der Waals surface area (Å²) in [6, 6.07) is 0.341. The van der Waals surface area contributed by atoms with Crippen LogP contribution >= 0.6 is 0 Å². The second-order valence-corrected chi connectivity index (χ2v) is 5.49. The predicted octanol–water partition coefficient (Wildman–Crippen LogP) is 1.77. The Morgan fingerprint density at radius 1 is 1.28 bits per heavy atom. The average Bonchev–Trinajstić information content (AvgIpc) is 2.35. The molecule has 4 nitrogen and oxygen atoms in total. The minimum absolute atomic E-state index is 0.0372. The van der Waals surface area contributed by atoms with Gasteiger partial charge in [-0.1, -0.05) is 20.3 Å². The number of methoxy groups -OCH3 is 2. The maximum Gasteiger partial charge on any atom is 0.0615 e. The molecular formula is C14H31NO3. The topological polar surface area (TPSA) is 41.9 Å². The largest absolute Gasteiger partial charge is 0.396 e. The van der Waals surface area contributed by atoms with E-state index in [0.717, 1.165) is 25.9 Å². The van der Waals surface area contributed by atoms with Gasteiger partial charge >= 0.3 is 0 Å². The molecule has 0 fully saturated rings. The Bertz CT molecular complexity index is 201. The molecule has 0 bridgehead atoms. The minimum atomic E-state index is -0.0372. The molecule has 0 radical (unpaired) electrons. The summed E-state index contributed by atoms with van der Waals surface area (Å²) in [6.07, 6.45) is 2.13. The molecular weight excluding hydrogens is 230 g/mol. The number of hydrogen-bond acceptors (Lipinski definition) is 4. The van der Waals surface area contributed by atoms with Crippen molar-refractivity contribution < 1.29 is 14.6 Å². The van der Waals surface area contributed by atoms with Crippen molar-refractivity contribution in [2.24, 2.45) is 5.41 Å². The molecule has 0 aliphatic heterocycles. The molecule has 18 heavy (non-hydrogen) atoms. The Labute approximate surface area is 112 Å². The molecule has 0 aromatic rings. The number of aliphatic hydroxyl groups excluding tert-OH is 1. The van der Waals surface area contributed by atoms with E-state index >= 15 is 0 Å². The lowest BCUT2D eigenvalue weighted by molar-refractivity contribution is 0.0235. The summed E-state index contributed by atoms with van der Waals surface area (Å²) in [4.78, 5) is 2.35. The van der Waals surface area contributed by atoms with Gasteiger partial charge in [0.2, 0.25) is 0 Å². The maximum absolute atomic E-state index is 9.61. The summed E-state index contributed by atoms with van der Waals surface area (Å²) < 4.78 is 10.4. The zero-order chi connectivity index (χ0) is 14.0. The van der Waals surface area contributed by atoms with Gasteiger partial charge in [0.1, 0.15) is 0 Å². The van der Waals surface area contributed by atoms with Gasteiger partial charge in [0.25, 0.3) is 0 Å². The summed E-state index contributed by atoms with van der Waals surface area (Å²) in [5.74, 6) is 0. The zero-order valence-corrected chi connectivity index (χ0v) is 12.7. The van der Waals surface area contributed by atoms with Crippen LogP contribution in [0.5, 0.6) is 0 Å². The van der Waals surface area contributed by atoms with E-state index in [1.807, 2.05) is 0 Å². The van der Waals surface area contributed by atoms with E-state index < -0.39 is 0 Å². The van der Waals surface area contributed by atoms with Crippen molar-refractivity contribution in [2.75, 3.05) is 47.1 Å². The molecule has 2 unspecified atom stereocenters. The standard InChI is InChI=1S/C14H31NO3/c1-6-7-14(3,12-16)11-15(8-9-17-4)13(2)10-18-5/h13,16H,6-12H2,1-5H3. The third-order valence-corrected chi connectivity index (χ3v) is 3.43. The van der Waals surface area contributed by atoms with Crippen molar-refractivity contribution >= 4 is 0 Å². The molecule has 0 aliphatic rings. The monoisotopic (exact) mass is 261 g/mol. The third-order valence-electron chi connectivity index (χ3n) is 3.43. The molecule has 0 aliphatic carbocycles. The fourth-order valence-electron chi connectivity index (χ4n) is 2.31. The minimum Gasteiger partial charge on any atom is -0.396 e. The molecule has 1 N–H and O–H groups in total. The first kappa shape index (κ1) is 17.8. The highest BCUT2D eigenvalue weighted by Crippen LogP contribution is 2.24. The highest BCUT2D eigenvalue weighted by molar-refractivity contribution is 4.80. The lowest BCUT2D eigenvalue weighted by atomic mass is 9.85. The van der Waals surface area contributed by atoms with Gasteiger partial charge in [-0.3, -0.25) is 4.90 Å². The average molecular weight is 261 g/mol. The summed E-state index contributed by atoms with van der Waals surface area (Å²) in [6.45, 7) is 9.86. The van der Waals surface area contributed by atoms with Crippen molar-refractivity contribution in [3.63, 3.8) is 0 Å². The summed E-state index contributed by atoms with van der Waals surface area (Å²) in [7, 11) is 3.44. The van der Waals surface area contributed by atoms with Crippen LogP contribution in [-0.2, 0) is 9.47 Å². The fraction of sp³-hybridized carbons (Fsp3) is 1.00. The Morgan fingerprint density at radius 3 is 2.39 bits per heavy atom. The van der Waals surface area contributed by atoms with Gasteiger partial charge in [-0.15, -0.1) is 0 Å². The van der Waals surface area contributed by atoms with Gasteiger partial charge in [0, 0.05) is 45.4 Å². The normalized spacial score (nSPS) is 16.8. The fourth-order valence-corrected chi connectivity index (χ4v) is 2.31. The van der Waals surface area contributed by atoms with Crippen LogP contribution in [0.3, 0.4) is 0 Å². The van der Waals surface area contributed by atoms with Crippen molar-refractivity contribution in [2.45, 2.75) is 39.7 Å². The molecule has 0 saturated heterocycles. The second kappa shape index (κ2) is 9.73. The Hall–Kier alpha value is -0.160. The lowest BCUT2D eigenvalue weighted by Gasteiger charge is -2.37. The summed E-state index contributed by atoms with van der Waals surface area (Å²) in [5, 5.41) is 9.61. The number of ether oxygens (including phenoxy) is 2. The van der Waals surface area contributed by atoms with Crippen molar-refractivity contribution in [1.82, 2.24) is 4.90 Å². The van der Waals surface area contributed by atoms with Gasteiger partial charge in [-0.05, 0) is 13.3 Å². The van der Waals surface area contributed by atoms with Crippen LogP contribution in [0, 0.1) is 5.41 Å². The van der Waals surface area contributed by atoms with E-state index in [-0.39, 0.29) is 12.0 Å². The van der Waals surface area contributed by atoms with E-state index in [9.17, 15) is 5.11 Å². The Balaban J connectivity index is 4.53. The maximum atomic E-state index is 9.61. The molecule has 0 rings (SSSR count). The van der Waals surface area contributed by atoms with Gasteiger partial charge in [0.15, 0.2) is 0 Å². The third kappa shape index (κ3) is 6.69. The smallest absolute Gasteiger partial charge is 0.0615 e. The highest BCUT2D eigenvalue weighted by Gasteiger charge is 2.27. The molecule has 110 valence electrons. The van der Waals surface area contributed by atoms with E-state index in [2.05, 4.69) is 25.7 Å². The second-order valence-electron chi connectivity index (χ2n) is 5.49. The first-order chi connectivity index (χ1) is 8.52. The number of hydrogen-bond donors (Lipinski definition) is 1. The molecule has 0 saturated carbocycles. The van der Waals surface area contributed by atoms with Gasteiger partial charge in [-0.2, -0.15) is 0 Å². The van der Waals surface area contributed by atoms with E-state index in [0.29, 0.717) is 19.3 Å². The molecule has 0 heterocycles. The highest BCUT2D eigenvalue weighted by atomic mass is 16.5. The first-order valence-corrected chi connectivity index (χ1v) is 6.85. The summed E-state index contributed by atoms with van der Waals surface area (Å²) >= 11 is 0. The summed E-state index contributed by atoms with van der Waals surface area (Å²) in [5.41, 5.74) is -0.0372. The van der Waals surface area contributed by atoms with Crippen molar-refractivity contribution in [3.05, 3.63) is 0 Å². The SMILES string of the molecule is CCCC(C)(CO)CN(CCOC)C(C)COC. The van der Waals surface area contributed by atoms with Crippen LogP contribution in [0.1, 0.15) is 33.6 Å². The van der Waals surface area contributed by atoms with Crippen LogP contribution in [0.2, 0.25) is 0 Å². The lowest BCUT2D eigenvalue weighted by Crippen LogP contribution is -2.46. The molecule has 0 spiro atoms. The quantitative estimate of drug-likeness (QED) is 0.615. The van der Waals surface area contributed by atoms with Crippen LogP contribution in [0.25, 0.3) is 0 Å². The molecule has 0 amide bonds. The van der Waals surface area contributed by atoms with E-state index in [4.69, 9.17) is 9.47 Å². The van der Waals surface area contributed by atoms with Crippen molar-refractivity contribution in [1.29, 1.82) is 0 Å². The Morgan fingerprint density at radius 2 is 1.94 bits per heavy atom. The molecule has 0 aromatic carbocycles. The number of rotatable bonds is 11. The van der Waals surface area contributed by atoms with E-state index in [1.165, 1.54) is 0 Å². The Kier molecular flexibility index (Phi) is 9.64. The number of nitrogens with zero attached hydrogens (tertiary/aromatic N) is 1. The van der Waals surface area contributed by atoms with Crippen LogP contribution in [0.4, 0.5) is 0 Å².